The minimum Gasteiger partial charge on any atom is -0.396 e. The molecule has 6 heteroatoms. The topological polar surface area (TPSA) is 98.7 Å². The molecule has 0 aliphatic carbocycles. The molecule has 25 heavy (non-hydrogen) atoms. The number of carbonyl (C=O) groups is 2. The zero-order chi connectivity index (χ0) is 19.1. The summed E-state index contributed by atoms with van der Waals surface area (Å²) in [5, 5.41) is 24.3. The van der Waals surface area contributed by atoms with Crippen molar-refractivity contribution in [1.82, 2.24) is 10.6 Å². The molecule has 0 radical (unpaired) electrons. The fourth-order valence-corrected chi connectivity index (χ4v) is 2.30. The smallest absolute Gasteiger partial charge is 0.249 e. The van der Waals surface area contributed by atoms with E-state index in [0.29, 0.717) is 13.0 Å². The Labute approximate surface area is 152 Å². The van der Waals surface area contributed by atoms with Crippen LogP contribution in [0.3, 0.4) is 0 Å². The number of unbranched alkanes of at least 4 members (excludes halogenated alkanes) is 6. The fraction of sp³-hybridized carbons (Fsp3) is 0.789. The Morgan fingerprint density at radius 3 is 2.20 bits per heavy atom. The van der Waals surface area contributed by atoms with Gasteiger partial charge >= 0.3 is 0 Å². The second kappa shape index (κ2) is 13.8. The van der Waals surface area contributed by atoms with Gasteiger partial charge in [0.25, 0.3) is 0 Å². The fourth-order valence-electron chi connectivity index (χ4n) is 2.30. The van der Waals surface area contributed by atoms with E-state index in [9.17, 15) is 14.7 Å². The predicted octanol–water partition coefficient (Wildman–Crippen LogP) is 1.90. The van der Waals surface area contributed by atoms with Crippen molar-refractivity contribution in [1.29, 1.82) is 0 Å². The largest absolute Gasteiger partial charge is 0.396 e. The van der Waals surface area contributed by atoms with E-state index in [0.717, 1.165) is 25.7 Å². The lowest BCUT2D eigenvalue weighted by atomic mass is 9.87. The molecule has 0 aliphatic heterocycles. The zero-order valence-corrected chi connectivity index (χ0v) is 15.9. The van der Waals surface area contributed by atoms with Crippen LogP contribution in [0.15, 0.2) is 12.7 Å². The summed E-state index contributed by atoms with van der Waals surface area (Å²) in [6.07, 6.45) is 8.95. The molecule has 0 unspecified atom stereocenters. The van der Waals surface area contributed by atoms with Crippen LogP contribution in [0.5, 0.6) is 0 Å². The van der Waals surface area contributed by atoms with Crippen molar-refractivity contribution in [2.24, 2.45) is 5.41 Å². The summed E-state index contributed by atoms with van der Waals surface area (Å²) < 4.78 is 0. The van der Waals surface area contributed by atoms with E-state index in [-0.39, 0.29) is 19.1 Å². The quantitative estimate of drug-likeness (QED) is 0.266. The van der Waals surface area contributed by atoms with Gasteiger partial charge in [0.05, 0.1) is 6.61 Å². The highest BCUT2D eigenvalue weighted by molar-refractivity contribution is 5.81. The van der Waals surface area contributed by atoms with Gasteiger partial charge in [0.15, 0.2) is 0 Å². The van der Waals surface area contributed by atoms with Crippen molar-refractivity contribution in [3.8, 4) is 0 Å². The lowest BCUT2D eigenvalue weighted by Gasteiger charge is -2.27. The van der Waals surface area contributed by atoms with Gasteiger partial charge in [-0.05, 0) is 19.3 Å². The van der Waals surface area contributed by atoms with Gasteiger partial charge < -0.3 is 20.8 Å². The third-order valence-corrected chi connectivity index (χ3v) is 4.20. The van der Waals surface area contributed by atoms with E-state index in [2.05, 4.69) is 17.2 Å². The van der Waals surface area contributed by atoms with Gasteiger partial charge in [-0.3, -0.25) is 9.59 Å². The molecule has 0 fully saturated rings. The number of hydrogen-bond donors (Lipinski definition) is 4. The number of hydrogen-bond acceptors (Lipinski definition) is 4. The number of amides is 2. The first-order valence-electron chi connectivity index (χ1n) is 9.29. The Balaban J connectivity index is 3.61. The third kappa shape index (κ3) is 11.7. The van der Waals surface area contributed by atoms with E-state index >= 15 is 0 Å². The van der Waals surface area contributed by atoms with Crippen LogP contribution in [0.1, 0.15) is 65.2 Å². The first-order chi connectivity index (χ1) is 11.8. The van der Waals surface area contributed by atoms with E-state index in [1.54, 1.807) is 13.8 Å². The van der Waals surface area contributed by atoms with E-state index < -0.39 is 17.4 Å². The van der Waals surface area contributed by atoms with Crippen LogP contribution >= 0.6 is 0 Å². The van der Waals surface area contributed by atoms with Crippen LogP contribution < -0.4 is 10.6 Å². The Hall–Kier alpha value is -1.40. The molecule has 0 bridgehead atoms. The van der Waals surface area contributed by atoms with Gasteiger partial charge in [0.1, 0.15) is 6.10 Å². The number of carbonyl (C=O) groups excluding carboxylic acids is 2. The maximum Gasteiger partial charge on any atom is 0.249 e. The summed E-state index contributed by atoms with van der Waals surface area (Å²) in [5.74, 6) is -0.554. The SMILES string of the molecule is C=CCCCCCCCCC(=O)NCCNC(=O)[C@H](O)C(C)(C)CO. The van der Waals surface area contributed by atoms with Crippen LogP contribution in [0.2, 0.25) is 0 Å². The van der Waals surface area contributed by atoms with Crippen LogP contribution in [0.25, 0.3) is 0 Å². The average molecular weight is 357 g/mol. The summed E-state index contributed by atoms with van der Waals surface area (Å²) in [5.41, 5.74) is -0.890. The van der Waals surface area contributed by atoms with Gasteiger partial charge in [-0.25, -0.2) is 0 Å². The third-order valence-electron chi connectivity index (χ3n) is 4.20. The summed E-state index contributed by atoms with van der Waals surface area (Å²) in [6.45, 7) is 7.22. The van der Waals surface area contributed by atoms with Crippen LogP contribution in [-0.4, -0.2) is 47.8 Å². The number of aliphatic hydroxyl groups excluding tert-OH is 2. The normalized spacial score (nSPS) is 12.5. The molecule has 0 heterocycles. The minimum atomic E-state index is -1.28. The number of nitrogens with one attached hydrogen (secondary N) is 2. The molecular formula is C19H36N2O4. The molecule has 0 aromatic rings. The van der Waals surface area contributed by atoms with E-state index in [1.807, 2.05) is 6.08 Å². The average Bonchev–Trinajstić information content (AvgIpc) is 2.60. The lowest BCUT2D eigenvalue weighted by Crippen LogP contribution is -2.47. The first kappa shape index (κ1) is 23.6. The van der Waals surface area contributed by atoms with Gasteiger partial charge in [0.2, 0.25) is 11.8 Å². The minimum absolute atomic E-state index is 0.0165. The summed E-state index contributed by atoms with van der Waals surface area (Å²) >= 11 is 0. The van der Waals surface area contributed by atoms with Crippen LogP contribution in [-0.2, 0) is 9.59 Å². The maximum absolute atomic E-state index is 11.7. The molecule has 146 valence electrons. The molecule has 0 saturated carbocycles. The van der Waals surface area contributed by atoms with Gasteiger partial charge in [-0.2, -0.15) is 0 Å². The Bertz CT molecular complexity index is 397. The molecule has 0 rings (SSSR count). The molecule has 2 amide bonds. The van der Waals surface area contributed by atoms with Crippen molar-refractivity contribution in [3.63, 3.8) is 0 Å². The van der Waals surface area contributed by atoms with Crippen molar-refractivity contribution in [2.75, 3.05) is 19.7 Å². The maximum atomic E-state index is 11.7. The molecule has 0 aromatic heterocycles. The first-order valence-corrected chi connectivity index (χ1v) is 9.29. The van der Waals surface area contributed by atoms with Crippen molar-refractivity contribution >= 4 is 11.8 Å². The van der Waals surface area contributed by atoms with Crippen molar-refractivity contribution in [2.45, 2.75) is 71.3 Å². The van der Waals surface area contributed by atoms with Crippen LogP contribution in [0.4, 0.5) is 0 Å². The molecule has 6 nitrogen and oxygen atoms in total. The van der Waals surface area contributed by atoms with Gasteiger partial charge in [0, 0.05) is 24.9 Å². The lowest BCUT2D eigenvalue weighted by molar-refractivity contribution is -0.137. The Morgan fingerprint density at radius 1 is 1.04 bits per heavy atom. The Morgan fingerprint density at radius 2 is 1.60 bits per heavy atom. The van der Waals surface area contributed by atoms with Gasteiger partial charge in [-0.1, -0.05) is 45.6 Å². The van der Waals surface area contributed by atoms with Crippen molar-refractivity contribution < 1.29 is 19.8 Å². The molecule has 0 spiro atoms. The monoisotopic (exact) mass is 356 g/mol. The molecular weight excluding hydrogens is 320 g/mol. The summed E-state index contributed by atoms with van der Waals surface area (Å²) in [4.78, 5) is 23.4. The number of aliphatic hydroxyl groups is 2. The number of allylic oxidation sites excluding steroid dienone is 1. The highest BCUT2D eigenvalue weighted by Crippen LogP contribution is 2.19. The molecule has 0 aliphatic rings. The molecule has 1 atom stereocenters. The van der Waals surface area contributed by atoms with E-state index in [4.69, 9.17) is 5.11 Å². The second-order valence-electron chi connectivity index (χ2n) is 7.14. The summed E-state index contributed by atoms with van der Waals surface area (Å²) in [7, 11) is 0. The highest BCUT2D eigenvalue weighted by Gasteiger charge is 2.32. The predicted molar refractivity (Wildman–Crippen MR) is 100 cm³/mol. The zero-order valence-electron chi connectivity index (χ0n) is 15.9. The number of rotatable bonds is 15. The van der Waals surface area contributed by atoms with Crippen LogP contribution in [0, 0.1) is 5.41 Å². The molecule has 4 N–H and O–H groups in total. The van der Waals surface area contributed by atoms with Gasteiger partial charge in [-0.15, -0.1) is 6.58 Å². The highest BCUT2D eigenvalue weighted by atomic mass is 16.3. The summed E-state index contributed by atoms with van der Waals surface area (Å²) in [6, 6.07) is 0. The molecule has 0 aromatic carbocycles. The Kier molecular flexibility index (Phi) is 13.1. The molecule has 0 saturated heterocycles. The standard InChI is InChI=1S/C19H36N2O4/c1-4-5-6-7-8-9-10-11-12-16(23)20-13-14-21-18(25)17(24)19(2,3)15-22/h4,17,22,24H,1,5-15H2,2-3H3,(H,20,23)(H,21,25)/t17-/m0/s1. The van der Waals surface area contributed by atoms with Crippen molar-refractivity contribution in [3.05, 3.63) is 12.7 Å². The van der Waals surface area contributed by atoms with E-state index in [1.165, 1.54) is 19.3 Å². The second-order valence-corrected chi connectivity index (χ2v) is 7.14.